The number of carbonyl (C=O) groups excluding carboxylic acids is 1. The highest BCUT2D eigenvalue weighted by atomic mass is 32.2. The van der Waals surface area contributed by atoms with E-state index in [0.717, 1.165) is 36.5 Å². The van der Waals surface area contributed by atoms with Gasteiger partial charge in [-0.15, -0.1) is 11.8 Å². The summed E-state index contributed by atoms with van der Waals surface area (Å²) in [5.74, 6) is 0.724. The lowest BCUT2D eigenvalue weighted by Crippen LogP contribution is -2.29. The van der Waals surface area contributed by atoms with Crippen LogP contribution >= 0.6 is 11.8 Å². The van der Waals surface area contributed by atoms with Gasteiger partial charge >= 0.3 is 0 Å². The Morgan fingerprint density at radius 1 is 1.41 bits per heavy atom. The number of amides is 1. The number of aryl methyl sites for hydroxylation is 1. The van der Waals surface area contributed by atoms with E-state index in [1.165, 1.54) is 17.3 Å². The zero-order valence-electron chi connectivity index (χ0n) is 10.1. The smallest absolute Gasteiger partial charge is 0.232 e. The van der Waals surface area contributed by atoms with Crippen molar-refractivity contribution in [1.82, 2.24) is 4.90 Å². The Morgan fingerprint density at radius 2 is 2.12 bits per heavy atom. The van der Waals surface area contributed by atoms with Crippen LogP contribution in [0.2, 0.25) is 0 Å². The molecule has 0 aliphatic carbocycles. The van der Waals surface area contributed by atoms with Crippen molar-refractivity contribution in [2.24, 2.45) is 0 Å². The Balaban J connectivity index is 1.92. The standard InChI is InChI=1S/C13H18N2OS/c1-10-4-5-11(14)12(8-10)17-9-13(16)15-6-2-3-7-15/h4-5,8H,2-3,6-7,9,14H2,1H3. The molecule has 0 aromatic heterocycles. The summed E-state index contributed by atoms with van der Waals surface area (Å²) in [5.41, 5.74) is 7.82. The lowest BCUT2D eigenvalue weighted by atomic mass is 10.2. The summed E-state index contributed by atoms with van der Waals surface area (Å²) >= 11 is 1.54. The molecule has 1 aromatic rings. The Hall–Kier alpha value is -1.16. The summed E-state index contributed by atoms with van der Waals surface area (Å²) in [4.78, 5) is 14.8. The number of likely N-dealkylation sites (tertiary alicyclic amines) is 1. The minimum absolute atomic E-state index is 0.230. The molecule has 2 rings (SSSR count). The van der Waals surface area contributed by atoms with Gasteiger partial charge < -0.3 is 10.6 Å². The first kappa shape index (κ1) is 12.3. The number of thioether (sulfide) groups is 1. The quantitative estimate of drug-likeness (QED) is 0.661. The number of rotatable bonds is 3. The Morgan fingerprint density at radius 3 is 2.82 bits per heavy atom. The van der Waals surface area contributed by atoms with Crippen LogP contribution in [0.5, 0.6) is 0 Å². The molecule has 0 unspecified atom stereocenters. The molecule has 1 saturated heterocycles. The SMILES string of the molecule is Cc1ccc(N)c(SCC(=O)N2CCCC2)c1. The highest BCUT2D eigenvalue weighted by Crippen LogP contribution is 2.26. The highest BCUT2D eigenvalue weighted by Gasteiger charge is 2.17. The maximum atomic E-state index is 11.9. The Labute approximate surface area is 106 Å². The summed E-state index contributed by atoms with van der Waals surface area (Å²) in [6.45, 7) is 3.87. The summed E-state index contributed by atoms with van der Waals surface area (Å²) in [6.07, 6.45) is 2.28. The van der Waals surface area contributed by atoms with E-state index in [4.69, 9.17) is 5.73 Å². The maximum absolute atomic E-state index is 11.9. The topological polar surface area (TPSA) is 46.3 Å². The van der Waals surface area contributed by atoms with Gasteiger partial charge in [0, 0.05) is 23.7 Å². The number of benzene rings is 1. The largest absolute Gasteiger partial charge is 0.398 e. The van der Waals surface area contributed by atoms with Gasteiger partial charge in [-0.1, -0.05) is 6.07 Å². The van der Waals surface area contributed by atoms with E-state index < -0.39 is 0 Å². The fraction of sp³-hybridized carbons (Fsp3) is 0.462. The first-order valence-electron chi connectivity index (χ1n) is 5.93. The molecular formula is C13H18N2OS. The number of anilines is 1. The fourth-order valence-electron chi connectivity index (χ4n) is 1.96. The number of hydrogen-bond donors (Lipinski definition) is 1. The third kappa shape index (κ3) is 3.16. The predicted octanol–water partition coefficient (Wildman–Crippen LogP) is 2.29. The molecule has 17 heavy (non-hydrogen) atoms. The molecule has 1 aliphatic rings. The lowest BCUT2D eigenvalue weighted by molar-refractivity contribution is -0.127. The van der Waals surface area contributed by atoms with Crippen molar-refractivity contribution in [3.05, 3.63) is 23.8 Å². The zero-order valence-corrected chi connectivity index (χ0v) is 10.9. The molecule has 92 valence electrons. The highest BCUT2D eigenvalue weighted by molar-refractivity contribution is 8.00. The van der Waals surface area contributed by atoms with Crippen LogP contribution in [-0.4, -0.2) is 29.6 Å². The second-order valence-corrected chi connectivity index (χ2v) is 5.44. The average molecular weight is 250 g/mol. The first-order chi connectivity index (χ1) is 8.16. The van der Waals surface area contributed by atoms with Crippen molar-refractivity contribution < 1.29 is 4.79 Å². The molecule has 4 heteroatoms. The average Bonchev–Trinajstić information content (AvgIpc) is 2.83. The molecule has 2 N–H and O–H groups in total. The molecule has 0 saturated carbocycles. The molecule has 0 bridgehead atoms. The second-order valence-electron chi connectivity index (χ2n) is 4.42. The van der Waals surface area contributed by atoms with Crippen molar-refractivity contribution >= 4 is 23.4 Å². The monoisotopic (exact) mass is 250 g/mol. The van der Waals surface area contributed by atoms with Gasteiger partial charge in [0.1, 0.15) is 0 Å². The molecule has 1 aliphatic heterocycles. The Kier molecular flexibility index (Phi) is 3.94. The molecule has 0 radical (unpaired) electrons. The lowest BCUT2D eigenvalue weighted by Gasteiger charge is -2.15. The minimum atomic E-state index is 0.230. The van der Waals surface area contributed by atoms with E-state index in [0.29, 0.717) is 5.75 Å². The number of hydrogen-bond acceptors (Lipinski definition) is 3. The number of nitrogens with two attached hydrogens (primary N) is 1. The van der Waals surface area contributed by atoms with Crippen LogP contribution in [0, 0.1) is 6.92 Å². The summed E-state index contributed by atoms with van der Waals surface area (Å²) in [5, 5.41) is 0. The fourth-order valence-corrected chi connectivity index (χ4v) is 2.93. The maximum Gasteiger partial charge on any atom is 0.232 e. The van der Waals surface area contributed by atoms with E-state index in [2.05, 4.69) is 0 Å². The van der Waals surface area contributed by atoms with E-state index >= 15 is 0 Å². The zero-order chi connectivity index (χ0) is 12.3. The van der Waals surface area contributed by atoms with Crippen LogP contribution in [0.3, 0.4) is 0 Å². The van der Waals surface area contributed by atoms with E-state index in [1.807, 2.05) is 30.0 Å². The van der Waals surface area contributed by atoms with Crippen LogP contribution in [0.1, 0.15) is 18.4 Å². The van der Waals surface area contributed by atoms with Gasteiger partial charge in [0.2, 0.25) is 5.91 Å². The number of nitrogens with zero attached hydrogens (tertiary/aromatic N) is 1. The first-order valence-corrected chi connectivity index (χ1v) is 6.92. The summed E-state index contributed by atoms with van der Waals surface area (Å²) < 4.78 is 0. The Bertz CT molecular complexity index is 414. The summed E-state index contributed by atoms with van der Waals surface area (Å²) in [6, 6.07) is 5.93. The third-order valence-electron chi connectivity index (χ3n) is 2.98. The summed E-state index contributed by atoms with van der Waals surface area (Å²) in [7, 11) is 0. The second kappa shape index (κ2) is 5.45. The van der Waals surface area contributed by atoms with Gasteiger partial charge in [-0.2, -0.15) is 0 Å². The van der Waals surface area contributed by atoms with Crippen molar-refractivity contribution in [2.45, 2.75) is 24.7 Å². The van der Waals surface area contributed by atoms with Gasteiger partial charge in [0.15, 0.2) is 0 Å². The molecule has 0 spiro atoms. The van der Waals surface area contributed by atoms with Gasteiger partial charge in [-0.25, -0.2) is 0 Å². The van der Waals surface area contributed by atoms with Crippen LogP contribution in [0.15, 0.2) is 23.1 Å². The van der Waals surface area contributed by atoms with Crippen LogP contribution < -0.4 is 5.73 Å². The molecule has 0 atom stereocenters. The number of carbonyl (C=O) groups is 1. The normalized spacial score (nSPS) is 15.2. The van der Waals surface area contributed by atoms with E-state index in [9.17, 15) is 4.79 Å². The van der Waals surface area contributed by atoms with Gasteiger partial charge in [-0.3, -0.25) is 4.79 Å². The van der Waals surface area contributed by atoms with Crippen LogP contribution in [0.4, 0.5) is 5.69 Å². The van der Waals surface area contributed by atoms with Gasteiger partial charge in [0.05, 0.1) is 5.75 Å². The van der Waals surface area contributed by atoms with Crippen LogP contribution in [-0.2, 0) is 4.79 Å². The van der Waals surface area contributed by atoms with Crippen molar-refractivity contribution in [3.8, 4) is 0 Å². The molecular weight excluding hydrogens is 232 g/mol. The third-order valence-corrected chi connectivity index (χ3v) is 4.03. The minimum Gasteiger partial charge on any atom is -0.398 e. The van der Waals surface area contributed by atoms with Crippen LogP contribution in [0.25, 0.3) is 0 Å². The van der Waals surface area contributed by atoms with Gasteiger partial charge in [0.25, 0.3) is 0 Å². The van der Waals surface area contributed by atoms with Crippen molar-refractivity contribution in [3.63, 3.8) is 0 Å². The van der Waals surface area contributed by atoms with Crippen molar-refractivity contribution in [1.29, 1.82) is 0 Å². The van der Waals surface area contributed by atoms with E-state index in [1.54, 1.807) is 0 Å². The van der Waals surface area contributed by atoms with E-state index in [-0.39, 0.29) is 5.91 Å². The van der Waals surface area contributed by atoms with Gasteiger partial charge in [-0.05, 0) is 37.5 Å². The van der Waals surface area contributed by atoms with Crippen molar-refractivity contribution in [2.75, 3.05) is 24.6 Å². The predicted molar refractivity (Wildman–Crippen MR) is 72.1 cm³/mol. The molecule has 3 nitrogen and oxygen atoms in total. The molecule has 1 fully saturated rings. The molecule has 1 heterocycles. The molecule has 1 amide bonds. The number of nitrogen functional groups attached to an aromatic ring is 1. The molecule has 1 aromatic carbocycles.